The quantitative estimate of drug-likeness (QED) is 0.843. The first kappa shape index (κ1) is 11.8. The van der Waals surface area contributed by atoms with Gasteiger partial charge in [0.2, 0.25) is 5.91 Å². The van der Waals surface area contributed by atoms with Gasteiger partial charge in [0.05, 0.1) is 15.7 Å². The Morgan fingerprint density at radius 1 is 1.53 bits per heavy atom. The Labute approximate surface area is 104 Å². The summed E-state index contributed by atoms with van der Waals surface area (Å²) >= 11 is 1.65. The second-order valence-electron chi connectivity index (χ2n) is 3.75. The maximum atomic E-state index is 10.7. The third kappa shape index (κ3) is 3.39. The maximum absolute atomic E-state index is 10.7. The van der Waals surface area contributed by atoms with Gasteiger partial charge in [-0.15, -0.1) is 11.3 Å². The number of hydrogen-bond donors (Lipinski definition) is 1. The van der Waals surface area contributed by atoms with E-state index in [0.717, 1.165) is 11.9 Å². The molecule has 0 fully saturated rings. The summed E-state index contributed by atoms with van der Waals surface area (Å²) in [6.45, 7) is 2.22. The maximum Gasteiger partial charge on any atom is 0.216 e. The summed E-state index contributed by atoms with van der Waals surface area (Å²) in [5, 5.41) is 2.76. The van der Waals surface area contributed by atoms with Crippen molar-refractivity contribution in [2.75, 3.05) is 6.54 Å². The lowest BCUT2D eigenvalue weighted by molar-refractivity contribution is -0.118. The van der Waals surface area contributed by atoms with Gasteiger partial charge in [-0.2, -0.15) is 0 Å². The molecule has 0 atom stereocenters. The fraction of sp³-hybridized carbons (Fsp3) is 0.231. The normalized spacial score (nSPS) is 11.1. The van der Waals surface area contributed by atoms with Crippen LogP contribution in [-0.2, 0) is 4.79 Å². The highest BCUT2D eigenvalue weighted by Gasteiger charge is 1.95. The van der Waals surface area contributed by atoms with Gasteiger partial charge in [-0.1, -0.05) is 18.2 Å². The average Bonchev–Trinajstić information content (AvgIpc) is 2.75. The predicted molar refractivity (Wildman–Crippen MR) is 72.0 cm³/mol. The van der Waals surface area contributed by atoms with E-state index in [0.29, 0.717) is 6.54 Å². The van der Waals surface area contributed by atoms with E-state index in [1.807, 2.05) is 11.6 Å². The number of thiazole rings is 1. The van der Waals surface area contributed by atoms with Gasteiger partial charge >= 0.3 is 0 Å². The van der Waals surface area contributed by atoms with Crippen molar-refractivity contribution in [3.05, 3.63) is 35.3 Å². The Balaban J connectivity index is 1.93. The highest BCUT2D eigenvalue weighted by molar-refractivity contribution is 7.16. The molecule has 1 aromatic carbocycles. The van der Waals surface area contributed by atoms with Crippen molar-refractivity contribution in [2.45, 2.75) is 13.3 Å². The van der Waals surface area contributed by atoms with Crippen molar-refractivity contribution < 1.29 is 4.79 Å². The average molecular weight is 246 g/mol. The number of amides is 1. The molecule has 0 aliphatic rings. The van der Waals surface area contributed by atoms with Crippen LogP contribution in [0, 0.1) is 0 Å². The molecule has 3 nitrogen and oxygen atoms in total. The zero-order valence-electron chi connectivity index (χ0n) is 9.64. The molecule has 0 radical (unpaired) electrons. The molecule has 0 aliphatic heterocycles. The van der Waals surface area contributed by atoms with E-state index >= 15 is 0 Å². The Kier molecular flexibility index (Phi) is 3.88. The molecule has 4 heteroatoms. The first-order chi connectivity index (χ1) is 8.25. The molecule has 0 saturated carbocycles. The highest BCUT2D eigenvalue weighted by Crippen LogP contribution is 2.19. The molecular weight excluding hydrogens is 232 g/mol. The number of hydrogen-bond acceptors (Lipinski definition) is 3. The lowest BCUT2D eigenvalue weighted by Crippen LogP contribution is -2.20. The fourth-order valence-electron chi connectivity index (χ4n) is 1.53. The number of carbonyl (C=O) groups excluding carboxylic acids is 1. The summed E-state index contributed by atoms with van der Waals surface area (Å²) in [6, 6.07) is 6.21. The van der Waals surface area contributed by atoms with Crippen molar-refractivity contribution in [2.24, 2.45) is 0 Å². The zero-order valence-corrected chi connectivity index (χ0v) is 10.5. The summed E-state index contributed by atoms with van der Waals surface area (Å²) in [4.78, 5) is 14.9. The van der Waals surface area contributed by atoms with Crippen LogP contribution in [0.3, 0.4) is 0 Å². The summed E-state index contributed by atoms with van der Waals surface area (Å²) in [5.74, 6) is 0.0180. The van der Waals surface area contributed by atoms with E-state index in [9.17, 15) is 4.79 Å². The third-order valence-electron chi connectivity index (χ3n) is 2.35. The second kappa shape index (κ2) is 5.59. The molecule has 1 amide bonds. The zero-order chi connectivity index (χ0) is 12.1. The molecule has 0 aliphatic carbocycles. The molecular formula is C13H14N2OS. The molecule has 2 rings (SSSR count). The van der Waals surface area contributed by atoms with Crippen LogP contribution in [0.25, 0.3) is 16.3 Å². The lowest BCUT2D eigenvalue weighted by Gasteiger charge is -1.97. The van der Waals surface area contributed by atoms with Gasteiger partial charge in [-0.05, 0) is 24.1 Å². The number of nitrogens with one attached hydrogen (secondary N) is 1. The second-order valence-corrected chi connectivity index (χ2v) is 4.64. The fourth-order valence-corrected chi connectivity index (χ4v) is 2.25. The van der Waals surface area contributed by atoms with Crippen LogP contribution >= 0.6 is 11.3 Å². The van der Waals surface area contributed by atoms with Crippen LogP contribution in [0.1, 0.15) is 18.9 Å². The van der Waals surface area contributed by atoms with Crippen molar-refractivity contribution in [1.29, 1.82) is 0 Å². The van der Waals surface area contributed by atoms with Crippen molar-refractivity contribution >= 4 is 33.5 Å². The number of fused-ring (bicyclic) bond motifs is 1. The van der Waals surface area contributed by atoms with Gasteiger partial charge in [0.25, 0.3) is 0 Å². The van der Waals surface area contributed by atoms with Crippen LogP contribution in [0.2, 0.25) is 0 Å². The standard InChI is InChI=1S/C13H14N2OS/c1-10(16)14-7-3-2-4-11-5-6-12-13(8-11)17-9-15-12/h2,4-6,8-9H,3,7H2,1H3,(H,14,16). The third-order valence-corrected chi connectivity index (χ3v) is 3.14. The predicted octanol–water partition coefficient (Wildman–Crippen LogP) is 2.84. The lowest BCUT2D eigenvalue weighted by atomic mass is 10.2. The molecule has 1 N–H and O–H groups in total. The van der Waals surface area contributed by atoms with E-state index in [-0.39, 0.29) is 5.91 Å². The monoisotopic (exact) mass is 246 g/mol. The highest BCUT2D eigenvalue weighted by atomic mass is 32.1. The first-order valence-corrected chi connectivity index (χ1v) is 6.38. The van der Waals surface area contributed by atoms with Gasteiger partial charge in [0, 0.05) is 13.5 Å². The van der Waals surface area contributed by atoms with Gasteiger partial charge in [-0.25, -0.2) is 4.98 Å². The van der Waals surface area contributed by atoms with Crippen molar-refractivity contribution in [3.63, 3.8) is 0 Å². The van der Waals surface area contributed by atoms with E-state index < -0.39 is 0 Å². The minimum Gasteiger partial charge on any atom is -0.356 e. The van der Waals surface area contributed by atoms with Gasteiger partial charge in [0.1, 0.15) is 0 Å². The minimum absolute atomic E-state index is 0.0180. The summed E-state index contributed by atoms with van der Waals surface area (Å²) in [7, 11) is 0. The molecule has 0 spiro atoms. The number of nitrogens with zero attached hydrogens (tertiary/aromatic N) is 1. The van der Waals surface area contributed by atoms with Gasteiger partial charge in [-0.3, -0.25) is 4.79 Å². The van der Waals surface area contributed by atoms with Gasteiger partial charge < -0.3 is 5.32 Å². The van der Waals surface area contributed by atoms with E-state index in [4.69, 9.17) is 0 Å². The number of rotatable bonds is 4. The molecule has 0 unspecified atom stereocenters. The summed E-state index contributed by atoms with van der Waals surface area (Å²) < 4.78 is 1.20. The van der Waals surface area contributed by atoms with Crippen molar-refractivity contribution in [3.8, 4) is 0 Å². The molecule has 1 aromatic heterocycles. The van der Waals surface area contributed by atoms with Crippen LogP contribution in [0.5, 0.6) is 0 Å². The molecule has 88 valence electrons. The SMILES string of the molecule is CC(=O)NCCC=Cc1ccc2ncsc2c1. The Morgan fingerprint density at radius 3 is 3.24 bits per heavy atom. The number of benzene rings is 1. The Hall–Kier alpha value is -1.68. The Morgan fingerprint density at radius 2 is 2.41 bits per heavy atom. The van der Waals surface area contributed by atoms with E-state index in [1.165, 1.54) is 17.2 Å². The summed E-state index contributed by atoms with van der Waals surface area (Å²) in [5.41, 5.74) is 4.07. The van der Waals surface area contributed by atoms with Crippen LogP contribution in [0.15, 0.2) is 29.8 Å². The van der Waals surface area contributed by atoms with E-state index in [1.54, 1.807) is 11.3 Å². The molecule has 17 heavy (non-hydrogen) atoms. The van der Waals surface area contributed by atoms with Crippen LogP contribution < -0.4 is 5.32 Å². The van der Waals surface area contributed by atoms with Crippen LogP contribution in [-0.4, -0.2) is 17.4 Å². The van der Waals surface area contributed by atoms with Crippen molar-refractivity contribution in [1.82, 2.24) is 10.3 Å². The number of aromatic nitrogens is 1. The first-order valence-electron chi connectivity index (χ1n) is 5.50. The largest absolute Gasteiger partial charge is 0.356 e. The van der Waals surface area contributed by atoms with Crippen LogP contribution in [0.4, 0.5) is 0 Å². The topological polar surface area (TPSA) is 42.0 Å². The molecule has 0 bridgehead atoms. The van der Waals surface area contributed by atoms with Gasteiger partial charge in [0.15, 0.2) is 0 Å². The smallest absolute Gasteiger partial charge is 0.216 e. The number of carbonyl (C=O) groups is 1. The molecule has 1 heterocycles. The van der Waals surface area contributed by atoms with E-state index in [2.05, 4.69) is 34.6 Å². The molecule has 2 aromatic rings. The Bertz CT molecular complexity index is 545. The summed E-state index contributed by atoms with van der Waals surface area (Å²) in [6.07, 6.45) is 4.99. The molecule has 0 saturated heterocycles. The minimum atomic E-state index is 0.0180.